The van der Waals surface area contributed by atoms with E-state index in [0.717, 1.165) is 11.8 Å². The maximum Gasteiger partial charge on any atom is 0.0923 e. The molecule has 0 atom stereocenters. The minimum atomic E-state index is 0.0539. The lowest BCUT2D eigenvalue weighted by molar-refractivity contribution is 0.149. The second-order valence-corrected chi connectivity index (χ2v) is 5.68. The highest BCUT2D eigenvalue weighted by atomic mass is 32.2. The molecule has 2 aromatic carbocycles. The molecule has 0 fully saturated rings. The lowest BCUT2D eigenvalue weighted by atomic mass is 10.3. The maximum atomic E-state index is 11.7. The van der Waals surface area contributed by atoms with Gasteiger partial charge in [-0.25, -0.2) is 0 Å². The number of fused-ring (bicyclic) bond motifs is 2. The van der Waals surface area contributed by atoms with Crippen molar-refractivity contribution in [2.75, 3.05) is 20.9 Å². The number of hydrogen-bond acceptors (Lipinski definition) is 11. The van der Waals surface area contributed by atoms with Crippen LogP contribution in [0.2, 0.25) is 0 Å². The maximum absolute atomic E-state index is 11.7. The van der Waals surface area contributed by atoms with E-state index in [1.54, 1.807) is 18.2 Å². The van der Waals surface area contributed by atoms with Crippen LogP contribution in [0.25, 0.3) is 0 Å². The molecule has 0 radical (unpaired) electrons. The van der Waals surface area contributed by atoms with Crippen molar-refractivity contribution in [3.8, 4) is 0 Å². The van der Waals surface area contributed by atoms with E-state index < -0.39 is 0 Å². The summed E-state index contributed by atoms with van der Waals surface area (Å²) in [6.45, 7) is 0. The second-order valence-electron chi connectivity index (χ2n) is 4.57. The predicted molar refractivity (Wildman–Crippen MR) is 82.6 cm³/mol. The normalized spacial score (nSPS) is 16.2. The zero-order valence-electron chi connectivity index (χ0n) is 11.1. The quantitative estimate of drug-likeness (QED) is 0.804. The monoisotopic (exact) mass is 334 g/mol. The van der Waals surface area contributed by atoms with Crippen LogP contribution in [0.3, 0.4) is 0 Å². The molecule has 0 aliphatic carbocycles. The minimum Gasteiger partial charge on any atom is -0.731 e. The van der Waals surface area contributed by atoms with E-state index >= 15 is 0 Å². The Hall–Kier alpha value is -2.25. The third-order valence-electron chi connectivity index (χ3n) is 3.22. The number of nitrogens with zero attached hydrogens (tertiary/aromatic N) is 4. The summed E-state index contributed by atoms with van der Waals surface area (Å²) in [5, 5.41) is 46.4. The molecule has 0 saturated heterocycles. The van der Waals surface area contributed by atoms with Crippen molar-refractivity contribution in [1.82, 2.24) is 0 Å². The highest BCUT2D eigenvalue weighted by molar-refractivity contribution is 7.99. The lowest BCUT2D eigenvalue weighted by Crippen LogP contribution is -2.17. The standard InChI is InChI=1S/C12H6N4O6S/c17-13-8-5-4-7(6-10(8)15(19)21-13)23-11-3-1-2-9-12(11)16(20)22-14(9)18/h1-6H/q-4. The topological polar surface area (TPSA) is 124 Å². The van der Waals surface area contributed by atoms with Gasteiger partial charge in [0.05, 0.1) is 22.7 Å². The van der Waals surface area contributed by atoms with Crippen molar-refractivity contribution in [2.45, 2.75) is 9.79 Å². The molecule has 0 bridgehead atoms. The SMILES string of the molecule is [O-]N1ON([O-])c2cc(Sc3cccc4c3N([O-])ON4[O-])ccc21. The smallest absolute Gasteiger partial charge is 0.0923 e. The Balaban J connectivity index is 1.69. The zero-order chi connectivity index (χ0) is 16.1. The minimum absolute atomic E-state index is 0.0539. The summed E-state index contributed by atoms with van der Waals surface area (Å²) in [6, 6.07) is 9.16. The van der Waals surface area contributed by atoms with E-state index in [1.165, 1.54) is 18.2 Å². The van der Waals surface area contributed by atoms with Crippen LogP contribution in [0, 0.1) is 20.8 Å². The molecule has 0 N–H and O–H groups in total. The van der Waals surface area contributed by atoms with Crippen LogP contribution in [-0.2, 0) is 9.88 Å². The molecule has 2 aliphatic rings. The molecule has 11 heteroatoms. The molecule has 10 nitrogen and oxygen atoms in total. The van der Waals surface area contributed by atoms with Gasteiger partial charge in [0, 0.05) is 9.79 Å². The van der Waals surface area contributed by atoms with Gasteiger partial charge in [0.2, 0.25) is 0 Å². The van der Waals surface area contributed by atoms with E-state index in [0.29, 0.717) is 9.79 Å². The predicted octanol–water partition coefficient (Wildman–Crippen LogP) is 2.78. The van der Waals surface area contributed by atoms with Gasteiger partial charge < -0.3 is 20.8 Å². The number of anilines is 4. The Morgan fingerprint density at radius 2 is 1.43 bits per heavy atom. The van der Waals surface area contributed by atoms with E-state index in [9.17, 15) is 20.8 Å². The Bertz CT molecular complexity index is 777. The van der Waals surface area contributed by atoms with Gasteiger partial charge >= 0.3 is 0 Å². The van der Waals surface area contributed by atoms with Crippen LogP contribution >= 0.6 is 11.8 Å². The van der Waals surface area contributed by atoms with Crippen molar-refractivity contribution in [1.29, 1.82) is 0 Å². The fourth-order valence-electron chi connectivity index (χ4n) is 2.23. The molecule has 0 amide bonds. The van der Waals surface area contributed by atoms with Gasteiger partial charge in [-0.15, -0.1) is 0 Å². The molecule has 0 saturated carbocycles. The lowest BCUT2D eigenvalue weighted by Gasteiger charge is -2.26. The van der Waals surface area contributed by atoms with Gasteiger partial charge in [-0.3, -0.25) is 20.9 Å². The molecule has 2 heterocycles. The molecule has 0 spiro atoms. The summed E-state index contributed by atoms with van der Waals surface area (Å²) in [5.41, 5.74) is 0.305. The van der Waals surface area contributed by atoms with E-state index in [-0.39, 0.29) is 43.7 Å². The first-order valence-corrected chi connectivity index (χ1v) is 7.06. The van der Waals surface area contributed by atoms with Gasteiger partial charge in [-0.1, -0.05) is 17.8 Å². The first-order chi connectivity index (χ1) is 11.0. The number of benzene rings is 2. The molecule has 4 rings (SSSR count). The van der Waals surface area contributed by atoms with E-state index in [1.807, 2.05) is 0 Å². The largest absolute Gasteiger partial charge is 0.731 e. The molecule has 0 aromatic heterocycles. The average molecular weight is 334 g/mol. The van der Waals surface area contributed by atoms with Crippen LogP contribution in [0.1, 0.15) is 0 Å². The zero-order valence-corrected chi connectivity index (χ0v) is 11.9. The molecular formula is C12H6N4O6S-4. The van der Waals surface area contributed by atoms with Gasteiger partial charge in [0.25, 0.3) is 0 Å². The van der Waals surface area contributed by atoms with Crippen molar-refractivity contribution >= 4 is 34.5 Å². The van der Waals surface area contributed by atoms with Crippen LogP contribution in [0.4, 0.5) is 22.7 Å². The van der Waals surface area contributed by atoms with Gasteiger partial charge in [0.1, 0.15) is 0 Å². The summed E-state index contributed by atoms with van der Waals surface area (Å²) < 4.78 is 0. The van der Waals surface area contributed by atoms with Gasteiger partial charge in [-0.2, -0.15) is 9.88 Å². The van der Waals surface area contributed by atoms with Crippen LogP contribution in [-0.4, -0.2) is 0 Å². The first-order valence-electron chi connectivity index (χ1n) is 6.25. The van der Waals surface area contributed by atoms with Crippen molar-refractivity contribution in [3.05, 3.63) is 57.2 Å². The third-order valence-corrected chi connectivity index (χ3v) is 4.26. The summed E-state index contributed by atoms with van der Waals surface area (Å²) in [6.07, 6.45) is 0. The third kappa shape index (κ3) is 2.24. The van der Waals surface area contributed by atoms with Crippen LogP contribution < -0.4 is 20.9 Å². The van der Waals surface area contributed by atoms with Gasteiger partial charge in [-0.05, 0) is 30.3 Å². The van der Waals surface area contributed by atoms with Crippen LogP contribution in [0.15, 0.2) is 46.2 Å². The number of rotatable bonds is 2. The molecule has 0 unspecified atom stereocenters. The van der Waals surface area contributed by atoms with Crippen molar-refractivity contribution < 1.29 is 9.88 Å². The second kappa shape index (κ2) is 5.14. The Morgan fingerprint density at radius 3 is 2.26 bits per heavy atom. The van der Waals surface area contributed by atoms with E-state index in [4.69, 9.17) is 0 Å². The Kier molecular flexibility index (Phi) is 3.21. The highest BCUT2D eigenvalue weighted by Gasteiger charge is 2.21. The molecule has 2 aromatic rings. The molecule has 120 valence electrons. The van der Waals surface area contributed by atoms with E-state index in [2.05, 4.69) is 9.88 Å². The van der Waals surface area contributed by atoms with Gasteiger partial charge in [0.15, 0.2) is 0 Å². The Morgan fingerprint density at radius 1 is 0.739 bits per heavy atom. The first kappa shape index (κ1) is 14.3. The van der Waals surface area contributed by atoms with Crippen LogP contribution in [0.5, 0.6) is 0 Å². The fourth-order valence-corrected chi connectivity index (χ4v) is 3.21. The summed E-state index contributed by atoms with van der Waals surface area (Å²) in [7, 11) is 0. The van der Waals surface area contributed by atoms with Crippen molar-refractivity contribution in [2.24, 2.45) is 0 Å². The summed E-state index contributed by atoms with van der Waals surface area (Å²) >= 11 is 1.14. The fraction of sp³-hybridized carbons (Fsp3) is 0. The number of para-hydroxylation sites is 1. The molecular weight excluding hydrogens is 328 g/mol. The highest BCUT2D eigenvalue weighted by Crippen LogP contribution is 2.46. The Labute approximate surface area is 133 Å². The summed E-state index contributed by atoms with van der Waals surface area (Å²) in [5.74, 6) is 0. The number of hydrogen-bond donors (Lipinski definition) is 0. The summed E-state index contributed by atoms with van der Waals surface area (Å²) in [4.78, 5) is 9.84. The molecule has 2 aliphatic heterocycles. The average Bonchev–Trinajstić information content (AvgIpc) is 2.97. The molecule has 23 heavy (non-hydrogen) atoms. The van der Waals surface area contributed by atoms with Crippen molar-refractivity contribution in [3.63, 3.8) is 0 Å².